The Balaban J connectivity index is 0.000000277. The fourth-order valence-electron chi connectivity index (χ4n) is 3.18. The molecular weight excluding hydrogens is 356 g/mol. The molecule has 2 aliphatic rings. The largest absolute Gasteiger partial charge is 0.468 e. The Hall–Kier alpha value is -2.45. The molecule has 0 spiro atoms. The molecule has 1 N–H and O–H groups in total. The highest BCUT2D eigenvalue weighted by Crippen LogP contribution is 2.32. The van der Waals surface area contributed by atoms with Crippen LogP contribution >= 0.6 is 0 Å². The quantitative estimate of drug-likeness (QED) is 0.541. The fraction of sp³-hybridized carbons (Fsp3) is 0.722. The van der Waals surface area contributed by atoms with Crippen LogP contribution in [0.25, 0.3) is 0 Å². The van der Waals surface area contributed by atoms with Gasteiger partial charge in [-0.05, 0) is 39.5 Å². The van der Waals surface area contributed by atoms with Gasteiger partial charge in [0, 0.05) is 20.0 Å². The van der Waals surface area contributed by atoms with Crippen LogP contribution in [-0.4, -0.2) is 61.9 Å². The summed E-state index contributed by atoms with van der Waals surface area (Å²) in [6, 6.07) is 0. The Morgan fingerprint density at radius 1 is 0.963 bits per heavy atom. The molecule has 0 saturated carbocycles. The van der Waals surface area contributed by atoms with Crippen molar-refractivity contribution in [3.63, 3.8) is 0 Å². The number of methoxy groups -OCH3 is 2. The predicted molar refractivity (Wildman–Crippen MR) is 94.1 cm³/mol. The van der Waals surface area contributed by atoms with E-state index >= 15 is 0 Å². The van der Waals surface area contributed by atoms with Crippen molar-refractivity contribution in [2.75, 3.05) is 27.3 Å². The summed E-state index contributed by atoms with van der Waals surface area (Å²) in [7, 11) is 2.54. The maximum Gasteiger partial charge on any atom is 0.321 e. The average Bonchev–Trinajstić information content (AvgIpc) is 2.65. The Morgan fingerprint density at radius 2 is 1.48 bits per heavy atom. The highest BCUT2D eigenvalue weighted by atomic mass is 16.5. The van der Waals surface area contributed by atoms with E-state index < -0.39 is 28.7 Å². The van der Waals surface area contributed by atoms with Crippen molar-refractivity contribution >= 4 is 29.7 Å². The molecule has 2 heterocycles. The Bertz CT molecular complexity index is 623. The summed E-state index contributed by atoms with van der Waals surface area (Å²) in [6.07, 6.45) is 2.47. The van der Waals surface area contributed by atoms with Crippen LogP contribution in [0.4, 0.5) is 0 Å². The van der Waals surface area contributed by atoms with Crippen LogP contribution in [0, 0.1) is 10.8 Å². The standard InChI is InChI=1S/C10H15NO4.C8H13NO3/c1-7(12)11-6-4-5-10(2,8(11)13)9(14)15-3;1-8(7(11)12-2)4-3-5-9-6(8)10/h4-6H2,1-3H3;3-5H2,1-2H3,(H,9,10). The Labute approximate surface area is 158 Å². The topological polar surface area (TPSA) is 119 Å². The number of imide groups is 1. The molecule has 2 unspecified atom stereocenters. The molecule has 27 heavy (non-hydrogen) atoms. The van der Waals surface area contributed by atoms with Crippen LogP contribution in [0.1, 0.15) is 46.5 Å². The molecule has 0 radical (unpaired) electrons. The van der Waals surface area contributed by atoms with Gasteiger partial charge in [0.2, 0.25) is 17.7 Å². The maximum absolute atomic E-state index is 11.9. The second kappa shape index (κ2) is 8.96. The average molecular weight is 384 g/mol. The van der Waals surface area contributed by atoms with Crippen molar-refractivity contribution < 1.29 is 33.4 Å². The van der Waals surface area contributed by atoms with Gasteiger partial charge >= 0.3 is 11.9 Å². The number of amides is 3. The molecule has 2 rings (SSSR count). The van der Waals surface area contributed by atoms with Gasteiger partial charge in [-0.25, -0.2) is 0 Å². The van der Waals surface area contributed by atoms with E-state index in [0.717, 1.165) is 11.3 Å². The number of ether oxygens (including phenoxy) is 2. The van der Waals surface area contributed by atoms with Crippen molar-refractivity contribution in [3.8, 4) is 0 Å². The lowest BCUT2D eigenvalue weighted by atomic mass is 9.81. The van der Waals surface area contributed by atoms with E-state index in [2.05, 4.69) is 14.8 Å². The van der Waals surface area contributed by atoms with E-state index in [4.69, 9.17) is 0 Å². The summed E-state index contributed by atoms with van der Waals surface area (Å²) in [6.45, 7) is 5.51. The van der Waals surface area contributed by atoms with E-state index in [1.54, 1.807) is 6.92 Å². The van der Waals surface area contributed by atoms with Gasteiger partial charge in [-0.2, -0.15) is 0 Å². The van der Waals surface area contributed by atoms with E-state index in [-0.39, 0.29) is 11.8 Å². The monoisotopic (exact) mass is 384 g/mol. The predicted octanol–water partition coefficient (Wildman–Crippen LogP) is 0.410. The molecule has 0 aromatic carbocycles. The van der Waals surface area contributed by atoms with Crippen molar-refractivity contribution in [2.24, 2.45) is 10.8 Å². The second-order valence-corrected chi connectivity index (χ2v) is 7.09. The van der Waals surface area contributed by atoms with Crippen LogP contribution < -0.4 is 5.32 Å². The fourth-order valence-corrected chi connectivity index (χ4v) is 3.18. The van der Waals surface area contributed by atoms with E-state index in [1.807, 2.05) is 0 Å². The summed E-state index contributed by atoms with van der Waals surface area (Å²) >= 11 is 0. The van der Waals surface area contributed by atoms with Gasteiger partial charge in [0.25, 0.3) is 0 Å². The molecule has 152 valence electrons. The molecule has 0 bridgehead atoms. The first-order valence-electron chi connectivity index (χ1n) is 8.82. The number of carbonyl (C=O) groups is 5. The minimum atomic E-state index is -1.20. The van der Waals surface area contributed by atoms with Gasteiger partial charge in [0.05, 0.1) is 14.2 Å². The lowest BCUT2D eigenvalue weighted by Crippen LogP contribution is -2.53. The summed E-state index contributed by atoms with van der Waals surface area (Å²) in [5.41, 5.74) is -2.16. The van der Waals surface area contributed by atoms with E-state index in [1.165, 1.54) is 28.1 Å². The van der Waals surface area contributed by atoms with Crippen LogP contribution in [0.5, 0.6) is 0 Å². The van der Waals surface area contributed by atoms with Crippen LogP contribution in [0.15, 0.2) is 0 Å². The van der Waals surface area contributed by atoms with Gasteiger partial charge in [-0.1, -0.05) is 0 Å². The zero-order chi connectivity index (χ0) is 20.8. The number of piperidine rings is 2. The van der Waals surface area contributed by atoms with Gasteiger partial charge in [0.1, 0.15) is 10.8 Å². The van der Waals surface area contributed by atoms with Gasteiger partial charge in [-0.3, -0.25) is 28.9 Å². The first-order valence-corrected chi connectivity index (χ1v) is 8.82. The molecule has 0 aromatic heterocycles. The van der Waals surface area contributed by atoms with Gasteiger partial charge in [0.15, 0.2) is 0 Å². The minimum Gasteiger partial charge on any atom is -0.468 e. The number of nitrogens with one attached hydrogen (secondary N) is 1. The van der Waals surface area contributed by atoms with Crippen molar-refractivity contribution in [1.29, 1.82) is 0 Å². The highest BCUT2D eigenvalue weighted by molar-refractivity contribution is 6.08. The minimum absolute atomic E-state index is 0.222. The molecule has 0 aromatic rings. The molecular formula is C18H28N2O7. The Kier molecular flexibility index (Phi) is 7.50. The third kappa shape index (κ3) is 4.64. The number of likely N-dealkylation sites (tertiary alicyclic amines) is 1. The number of nitrogens with zero attached hydrogens (tertiary/aromatic N) is 1. The van der Waals surface area contributed by atoms with E-state index in [9.17, 15) is 24.0 Å². The number of rotatable bonds is 2. The molecule has 2 saturated heterocycles. The normalized spacial score (nSPS) is 27.7. The third-order valence-electron chi connectivity index (χ3n) is 5.07. The number of carbonyl (C=O) groups excluding carboxylic acids is 5. The van der Waals surface area contributed by atoms with Crippen LogP contribution in [0.3, 0.4) is 0 Å². The lowest BCUT2D eigenvalue weighted by Gasteiger charge is -2.35. The summed E-state index contributed by atoms with van der Waals surface area (Å²) in [5, 5.41) is 2.65. The maximum atomic E-state index is 11.9. The highest BCUT2D eigenvalue weighted by Gasteiger charge is 2.48. The summed E-state index contributed by atoms with van der Waals surface area (Å²) in [4.78, 5) is 58.2. The molecule has 2 atom stereocenters. The first kappa shape index (κ1) is 22.6. The zero-order valence-corrected chi connectivity index (χ0v) is 16.5. The molecule has 0 aliphatic carbocycles. The third-order valence-corrected chi connectivity index (χ3v) is 5.07. The molecule has 3 amide bonds. The number of esters is 2. The SMILES string of the molecule is COC(=O)C1(C)CCCN(C(C)=O)C1=O.COC(=O)C1(C)CCCNC1=O. The smallest absolute Gasteiger partial charge is 0.321 e. The van der Waals surface area contributed by atoms with Crippen molar-refractivity contribution in [3.05, 3.63) is 0 Å². The molecule has 9 heteroatoms. The van der Waals surface area contributed by atoms with Gasteiger partial charge < -0.3 is 14.8 Å². The summed E-state index contributed by atoms with van der Waals surface area (Å²) < 4.78 is 9.16. The van der Waals surface area contributed by atoms with Crippen LogP contribution in [0.2, 0.25) is 0 Å². The zero-order valence-electron chi connectivity index (χ0n) is 16.5. The molecule has 2 fully saturated rings. The van der Waals surface area contributed by atoms with Crippen molar-refractivity contribution in [2.45, 2.75) is 46.5 Å². The first-order chi connectivity index (χ1) is 12.5. The van der Waals surface area contributed by atoms with Crippen LogP contribution in [-0.2, 0) is 33.4 Å². The lowest BCUT2D eigenvalue weighted by molar-refractivity contribution is -0.167. The molecule has 2 aliphatic heterocycles. The second-order valence-electron chi connectivity index (χ2n) is 7.09. The Morgan fingerprint density at radius 3 is 1.96 bits per heavy atom. The molecule has 9 nitrogen and oxygen atoms in total. The van der Waals surface area contributed by atoms with Crippen molar-refractivity contribution in [1.82, 2.24) is 10.2 Å². The number of hydrogen-bond acceptors (Lipinski definition) is 7. The van der Waals surface area contributed by atoms with Gasteiger partial charge in [-0.15, -0.1) is 0 Å². The summed E-state index contributed by atoms with van der Waals surface area (Å²) in [5.74, 6) is -2.01. The number of hydrogen-bond donors (Lipinski definition) is 1. The van der Waals surface area contributed by atoms with E-state index in [0.29, 0.717) is 32.4 Å².